The van der Waals surface area contributed by atoms with Crippen LogP contribution in [-0.4, -0.2) is 79.5 Å². The van der Waals surface area contributed by atoms with Gasteiger partial charge in [0, 0.05) is 26.2 Å². The van der Waals surface area contributed by atoms with Gasteiger partial charge in [-0.25, -0.2) is 4.40 Å². The molecule has 0 aromatic carbocycles. The fraction of sp³-hybridized carbons (Fsp3) is 0.688. The normalized spacial score (nSPS) is 20.1. The van der Waals surface area contributed by atoms with Gasteiger partial charge >= 0.3 is 0 Å². The number of amides is 1. The van der Waals surface area contributed by atoms with E-state index in [9.17, 15) is 4.79 Å². The van der Waals surface area contributed by atoms with E-state index in [1.165, 1.54) is 11.8 Å². The highest BCUT2D eigenvalue weighted by atomic mass is 32.2. The molecule has 0 spiro atoms. The number of fused-ring (bicyclic) bond motifs is 1. The molecular weight excluding hydrogens is 368 g/mol. The highest BCUT2D eigenvalue weighted by Crippen LogP contribution is 2.22. The van der Waals surface area contributed by atoms with Crippen LogP contribution in [0.1, 0.15) is 27.7 Å². The predicted octanol–water partition coefficient (Wildman–Crippen LogP) is 1.11. The molecule has 0 radical (unpaired) electrons. The Morgan fingerprint density at radius 2 is 1.85 bits per heavy atom. The minimum absolute atomic E-state index is 0.0508. The number of aromatic nitrogens is 5. The van der Waals surface area contributed by atoms with Crippen LogP contribution < -0.4 is 10.6 Å². The fourth-order valence-corrected chi connectivity index (χ4v) is 3.83. The number of nitrogens with zero attached hydrogens (tertiary/aromatic N) is 6. The monoisotopic (exact) mass is 394 g/mol. The highest BCUT2D eigenvalue weighted by Gasteiger charge is 2.26. The van der Waals surface area contributed by atoms with Crippen molar-refractivity contribution in [3.8, 4) is 0 Å². The zero-order valence-electron chi connectivity index (χ0n) is 16.1. The molecule has 1 amide bonds. The van der Waals surface area contributed by atoms with Gasteiger partial charge in [0.15, 0.2) is 5.16 Å². The lowest BCUT2D eigenvalue weighted by Gasteiger charge is -2.35. The van der Waals surface area contributed by atoms with Crippen LogP contribution >= 0.6 is 11.8 Å². The van der Waals surface area contributed by atoms with E-state index in [2.05, 4.69) is 30.8 Å². The van der Waals surface area contributed by atoms with Crippen LogP contribution in [-0.2, 0) is 9.53 Å². The Morgan fingerprint density at radius 1 is 1.15 bits per heavy atom. The first-order valence-electron chi connectivity index (χ1n) is 9.18. The van der Waals surface area contributed by atoms with Crippen LogP contribution in [0, 0.1) is 0 Å². The van der Waals surface area contributed by atoms with Crippen molar-refractivity contribution < 1.29 is 9.53 Å². The number of thioether (sulfide) groups is 1. The second-order valence-corrected chi connectivity index (χ2v) is 7.34. The van der Waals surface area contributed by atoms with Crippen LogP contribution in [0.15, 0.2) is 5.16 Å². The zero-order chi connectivity index (χ0) is 19.4. The van der Waals surface area contributed by atoms with Crippen molar-refractivity contribution in [1.82, 2.24) is 29.5 Å². The summed E-state index contributed by atoms with van der Waals surface area (Å²) in [5.41, 5.74) is 0. The van der Waals surface area contributed by atoms with E-state index in [4.69, 9.17) is 4.74 Å². The number of carbonyl (C=O) groups excluding carboxylic acids is 1. The molecule has 0 saturated carbocycles. The van der Waals surface area contributed by atoms with Gasteiger partial charge < -0.3 is 20.3 Å². The average Bonchev–Trinajstić information content (AvgIpc) is 3.02. The van der Waals surface area contributed by atoms with E-state index in [1.54, 1.807) is 4.40 Å². The van der Waals surface area contributed by atoms with Gasteiger partial charge in [-0.1, -0.05) is 11.8 Å². The first-order valence-corrected chi connectivity index (χ1v) is 10.2. The van der Waals surface area contributed by atoms with E-state index in [1.807, 2.05) is 32.6 Å². The smallest absolute Gasteiger partial charge is 0.261 e. The molecule has 2 aromatic rings. The van der Waals surface area contributed by atoms with Gasteiger partial charge in [-0.05, 0) is 27.7 Å². The van der Waals surface area contributed by atoms with E-state index in [0.29, 0.717) is 49.0 Å². The SMILES string of the molecule is CCNc1nc(NCC)n2c(SCC(=O)N3C[C@@H](C)O[C@H](C)C3)nnc2n1. The fourth-order valence-electron chi connectivity index (χ4n) is 3.00. The van der Waals surface area contributed by atoms with Gasteiger partial charge in [0.2, 0.25) is 17.8 Å². The molecule has 1 saturated heterocycles. The van der Waals surface area contributed by atoms with Crippen LogP contribution in [0.25, 0.3) is 5.78 Å². The molecule has 0 aliphatic carbocycles. The molecule has 0 unspecified atom stereocenters. The van der Waals surface area contributed by atoms with Crippen molar-refractivity contribution in [2.45, 2.75) is 45.1 Å². The van der Waals surface area contributed by atoms with Gasteiger partial charge in [0.25, 0.3) is 5.78 Å². The van der Waals surface area contributed by atoms with Crippen molar-refractivity contribution >= 4 is 35.3 Å². The van der Waals surface area contributed by atoms with Gasteiger partial charge in [0.05, 0.1) is 18.0 Å². The third-order valence-electron chi connectivity index (χ3n) is 4.01. The lowest BCUT2D eigenvalue weighted by Crippen LogP contribution is -2.48. The average molecular weight is 395 g/mol. The molecule has 0 bridgehead atoms. The first-order chi connectivity index (χ1) is 13.0. The maximum absolute atomic E-state index is 12.6. The van der Waals surface area contributed by atoms with E-state index in [0.717, 1.165) is 0 Å². The minimum Gasteiger partial charge on any atom is -0.372 e. The third kappa shape index (κ3) is 4.59. The Morgan fingerprint density at radius 3 is 2.52 bits per heavy atom. The summed E-state index contributed by atoms with van der Waals surface area (Å²) >= 11 is 1.34. The summed E-state index contributed by atoms with van der Waals surface area (Å²) in [5, 5.41) is 15.2. The second-order valence-electron chi connectivity index (χ2n) is 6.39. The van der Waals surface area contributed by atoms with Crippen molar-refractivity contribution in [1.29, 1.82) is 0 Å². The quantitative estimate of drug-likeness (QED) is 0.667. The molecule has 27 heavy (non-hydrogen) atoms. The first kappa shape index (κ1) is 19.6. The lowest BCUT2D eigenvalue weighted by molar-refractivity contribution is -0.140. The minimum atomic E-state index is 0.0508. The second kappa shape index (κ2) is 8.70. The molecule has 11 heteroatoms. The molecule has 2 N–H and O–H groups in total. The number of nitrogens with one attached hydrogen (secondary N) is 2. The number of hydrogen-bond donors (Lipinski definition) is 2. The van der Waals surface area contributed by atoms with Crippen LogP contribution in [0.3, 0.4) is 0 Å². The third-order valence-corrected chi connectivity index (χ3v) is 4.93. The van der Waals surface area contributed by atoms with Crippen molar-refractivity contribution in [2.24, 2.45) is 0 Å². The van der Waals surface area contributed by atoms with Gasteiger partial charge in [-0.2, -0.15) is 9.97 Å². The Labute approximate surface area is 162 Å². The molecule has 3 heterocycles. The van der Waals surface area contributed by atoms with Crippen molar-refractivity contribution in [2.75, 3.05) is 42.6 Å². The summed E-state index contributed by atoms with van der Waals surface area (Å²) in [6, 6.07) is 0. The molecule has 1 aliphatic heterocycles. The summed E-state index contributed by atoms with van der Waals surface area (Å²) in [5.74, 6) is 1.89. The number of morpholine rings is 1. The van der Waals surface area contributed by atoms with Crippen LogP contribution in [0.4, 0.5) is 11.9 Å². The van der Waals surface area contributed by atoms with Gasteiger partial charge in [0.1, 0.15) is 0 Å². The molecule has 1 fully saturated rings. The van der Waals surface area contributed by atoms with Crippen LogP contribution in [0.5, 0.6) is 0 Å². The Bertz CT molecular complexity index is 788. The Kier molecular flexibility index (Phi) is 6.32. The van der Waals surface area contributed by atoms with E-state index >= 15 is 0 Å². The summed E-state index contributed by atoms with van der Waals surface area (Å²) in [7, 11) is 0. The zero-order valence-corrected chi connectivity index (χ0v) is 16.9. The molecular formula is C16H26N8O2S. The summed E-state index contributed by atoms with van der Waals surface area (Å²) in [6.07, 6.45) is 0.102. The molecule has 3 rings (SSSR count). The summed E-state index contributed by atoms with van der Waals surface area (Å²) in [6.45, 7) is 10.6. The Balaban J connectivity index is 1.75. The maximum atomic E-state index is 12.6. The lowest BCUT2D eigenvalue weighted by atomic mass is 10.2. The number of carbonyl (C=O) groups is 1. The van der Waals surface area contributed by atoms with Crippen molar-refractivity contribution in [3.05, 3.63) is 0 Å². The largest absolute Gasteiger partial charge is 0.372 e. The maximum Gasteiger partial charge on any atom is 0.261 e. The molecule has 148 valence electrons. The standard InChI is InChI=1S/C16H26N8O2S/c1-5-17-13-19-14(18-6-2)24-15(20-13)21-22-16(24)27-9-12(25)23-7-10(3)26-11(4)8-23/h10-11H,5-9H2,1-4H3,(H2,17,18,19,20,21)/t10-,11-/m1/s1. The van der Waals surface area contributed by atoms with E-state index < -0.39 is 0 Å². The predicted molar refractivity (Wildman–Crippen MR) is 104 cm³/mol. The summed E-state index contributed by atoms with van der Waals surface area (Å²) in [4.78, 5) is 23.3. The van der Waals surface area contributed by atoms with Gasteiger partial charge in [-0.15, -0.1) is 10.2 Å². The molecule has 2 aromatic heterocycles. The highest BCUT2D eigenvalue weighted by molar-refractivity contribution is 7.99. The van der Waals surface area contributed by atoms with Crippen LogP contribution in [0.2, 0.25) is 0 Å². The number of rotatable bonds is 7. The summed E-state index contributed by atoms with van der Waals surface area (Å²) < 4.78 is 7.43. The van der Waals surface area contributed by atoms with Gasteiger partial charge in [-0.3, -0.25) is 4.79 Å². The topological polar surface area (TPSA) is 110 Å². The molecule has 2 atom stereocenters. The number of hydrogen-bond acceptors (Lipinski definition) is 9. The number of ether oxygens (including phenoxy) is 1. The molecule has 10 nitrogen and oxygen atoms in total. The Hall–Kier alpha value is -2.14. The van der Waals surface area contributed by atoms with E-state index in [-0.39, 0.29) is 23.9 Å². The molecule has 1 aliphatic rings. The van der Waals surface area contributed by atoms with Crippen molar-refractivity contribution in [3.63, 3.8) is 0 Å². The number of anilines is 2.